The van der Waals surface area contributed by atoms with Gasteiger partial charge in [0.25, 0.3) is 0 Å². The summed E-state index contributed by atoms with van der Waals surface area (Å²) < 4.78 is 0. The Labute approximate surface area is 94.6 Å². The third-order valence-corrected chi connectivity index (χ3v) is 3.29. The van der Waals surface area contributed by atoms with Crippen LogP contribution in [0.3, 0.4) is 0 Å². The Kier molecular flexibility index (Phi) is 5.58. The van der Waals surface area contributed by atoms with Crippen molar-refractivity contribution in [3.63, 3.8) is 0 Å². The van der Waals surface area contributed by atoms with Crippen LogP contribution in [0.4, 0.5) is 0 Å². The molecule has 0 spiro atoms. The van der Waals surface area contributed by atoms with E-state index in [0.717, 1.165) is 12.5 Å². The number of likely N-dealkylation sites (N-methyl/N-ethyl adjacent to an activating group) is 1. The topological polar surface area (TPSA) is 32.5 Å². The van der Waals surface area contributed by atoms with Crippen molar-refractivity contribution in [2.45, 2.75) is 32.7 Å². The normalized spacial score (nSPS) is 23.0. The molecule has 1 aliphatic heterocycles. The second-order valence-corrected chi connectivity index (χ2v) is 5.21. The van der Waals surface area contributed by atoms with Gasteiger partial charge in [0, 0.05) is 25.7 Å². The Morgan fingerprint density at radius 1 is 1.13 bits per heavy atom. The summed E-state index contributed by atoms with van der Waals surface area (Å²) in [6.45, 7) is 10.2. The Balaban J connectivity index is 2.44. The molecule has 90 valence electrons. The second kappa shape index (κ2) is 6.46. The molecule has 0 radical (unpaired) electrons. The first-order valence-corrected chi connectivity index (χ1v) is 6.26. The van der Waals surface area contributed by atoms with Crippen molar-refractivity contribution in [3.05, 3.63) is 0 Å². The summed E-state index contributed by atoms with van der Waals surface area (Å²) in [5.74, 6) is 0.750. The summed E-state index contributed by atoms with van der Waals surface area (Å²) in [6.07, 6.45) is 2.52. The SMILES string of the molecule is CC(C)CC(CN)N1CCCN(C)CC1. The lowest BCUT2D eigenvalue weighted by Crippen LogP contribution is -2.43. The van der Waals surface area contributed by atoms with Crippen molar-refractivity contribution in [2.75, 3.05) is 39.8 Å². The maximum Gasteiger partial charge on any atom is 0.0221 e. The van der Waals surface area contributed by atoms with Gasteiger partial charge < -0.3 is 10.6 Å². The summed E-state index contributed by atoms with van der Waals surface area (Å²) in [4.78, 5) is 5.01. The quantitative estimate of drug-likeness (QED) is 0.756. The average Bonchev–Trinajstić information content (AvgIpc) is 2.39. The van der Waals surface area contributed by atoms with Gasteiger partial charge in [-0.2, -0.15) is 0 Å². The van der Waals surface area contributed by atoms with E-state index >= 15 is 0 Å². The Morgan fingerprint density at radius 3 is 2.47 bits per heavy atom. The van der Waals surface area contributed by atoms with Gasteiger partial charge in [-0.25, -0.2) is 0 Å². The van der Waals surface area contributed by atoms with Crippen LogP contribution in [0.1, 0.15) is 26.7 Å². The first-order valence-electron chi connectivity index (χ1n) is 6.26. The van der Waals surface area contributed by atoms with E-state index in [1.807, 2.05) is 0 Å². The third kappa shape index (κ3) is 4.49. The smallest absolute Gasteiger partial charge is 0.0221 e. The van der Waals surface area contributed by atoms with E-state index in [-0.39, 0.29) is 0 Å². The third-order valence-electron chi connectivity index (χ3n) is 3.29. The lowest BCUT2D eigenvalue weighted by Gasteiger charge is -2.30. The summed E-state index contributed by atoms with van der Waals surface area (Å²) in [5.41, 5.74) is 5.88. The van der Waals surface area contributed by atoms with Crippen LogP contribution in [0.5, 0.6) is 0 Å². The van der Waals surface area contributed by atoms with Gasteiger partial charge in [0.2, 0.25) is 0 Å². The first-order chi connectivity index (χ1) is 7.13. The molecule has 1 heterocycles. The fourth-order valence-corrected chi connectivity index (χ4v) is 2.37. The molecule has 0 amide bonds. The van der Waals surface area contributed by atoms with Crippen LogP contribution in [0.15, 0.2) is 0 Å². The minimum absolute atomic E-state index is 0.594. The molecular weight excluding hydrogens is 186 g/mol. The molecule has 1 aliphatic rings. The Bertz CT molecular complexity index is 170. The average molecular weight is 213 g/mol. The lowest BCUT2D eigenvalue weighted by molar-refractivity contribution is 0.183. The maximum absolute atomic E-state index is 5.88. The maximum atomic E-state index is 5.88. The van der Waals surface area contributed by atoms with Gasteiger partial charge in [0.1, 0.15) is 0 Å². The van der Waals surface area contributed by atoms with Gasteiger partial charge in [-0.15, -0.1) is 0 Å². The van der Waals surface area contributed by atoms with Crippen molar-refractivity contribution in [2.24, 2.45) is 11.7 Å². The zero-order valence-electron chi connectivity index (χ0n) is 10.6. The van der Waals surface area contributed by atoms with Gasteiger partial charge in [0.15, 0.2) is 0 Å². The van der Waals surface area contributed by atoms with E-state index in [1.54, 1.807) is 0 Å². The molecule has 3 heteroatoms. The zero-order valence-corrected chi connectivity index (χ0v) is 10.6. The molecule has 15 heavy (non-hydrogen) atoms. The van der Waals surface area contributed by atoms with Crippen molar-refractivity contribution in [3.8, 4) is 0 Å². The van der Waals surface area contributed by atoms with E-state index in [9.17, 15) is 0 Å². The van der Waals surface area contributed by atoms with E-state index in [1.165, 1.54) is 39.0 Å². The number of hydrogen-bond acceptors (Lipinski definition) is 3. The largest absolute Gasteiger partial charge is 0.329 e. The molecule has 1 saturated heterocycles. The van der Waals surface area contributed by atoms with Gasteiger partial charge >= 0.3 is 0 Å². The highest BCUT2D eigenvalue weighted by Crippen LogP contribution is 2.13. The molecule has 2 N–H and O–H groups in total. The molecule has 3 nitrogen and oxygen atoms in total. The number of nitrogens with two attached hydrogens (primary N) is 1. The van der Waals surface area contributed by atoms with E-state index in [4.69, 9.17) is 5.73 Å². The van der Waals surface area contributed by atoms with Gasteiger partial charge in [0.05, 0.1) is 0 Å². The summed E-state index contributed by atoms with van der Waals surface area (Å²) in [5, 5.41) is 0. The lowest BCUT2D eigenvalue weighted by atomic mass is 10.0. The first kappa shape index (κ1) is 12.9. The van der Waals surface area contributed by atoms with Crippen LogP contribution >= 0.6 is 0 Å². The summed E-state index contributed by atoms with van der Waals surface area (Å²) in [6, 6.07) is 0.594. The predicted molar refractivity (Wildman–Crippen MR) is 66.0 cm³/mol. The number of hydrogen-bond donors (Lipinski definition) is 1. The van der Waals surface area contributed by atoms with Crippen LogP contribution in [0.2, 0.25) is 0 Å². The molecule has 1 atom stereocenters. The molecule has 0 aromatic heterocycles. The van der Waals surface area contributed by atoms with E-state index < -0.39 is 0 Å². The predicted octanol–water partition coefficient (Wildman–Crippen LogP) is 0.997. The molecule has 0 aromatic rings. The Hall–Kier alpha value is -0.120. The van der Waals surface area contributed by atoms with Crippen LogP contribution in [0, 0.1) is 5.92 Å². The van der Waals surface area contributed by atoms with Crippen LogP contribution in [-0.4, -0.2) is 55.6 Å². The van der Waals surface area contributed by atoms with Crippen molar-refractivity contribution >= 4 is 0 Å². The molecule has 0 aliphatic carbocycles. The highest BCUT2D eigenvalue weighted by Gasteiger charge is 2.20. The molecule has 0 bridgehead atoms. The number of nitrogens with zero attached hydrogens (tertiary/aromatic N) is 2. The van der Waals surface area contributed by atoms with Crippen LogP contribution in [0.25, 0.3) is 0 Å². The van der Waals surface area contributed by atoms with Crippen LogP contribution in [-0.2, 0) is 0 Å². The Morgan fingerprint density at radius 2 is 1.87 bits per heavy atom. The zero-order chi connectivity index (χ0) is 11.3. The van der Waals surface area contributed by atoms with Gasteiger partial charge in [-0.3, -0.25) is 4.90 Å². The highest BCUT2D eigenvalue weighted by atomic mass is 15.2. The van der Waals surface area contributed by atoms with Gasteiger partial charge in [-0.1, -0.05) is 13.8 Å². The van der Waals surface area contributed by atoms with Gasteiger partial charge in [-0.05, 0) is 38.9 Å². The highest BCUT2D eigenvalue weighted by molar-refractivity contribution is 4.77. The fraction of sp³-hybridized carbons (Fsp3) is 1.00. The minimum atomic E-state index is 0.594. The monoisotopic (exact) mass is 213 g/mol. The van der Waals surface area contributed by atoms with E-state index in [2.05, 4.69) is 30.7 Å². The molecule has 1 fully saturated rings. The summed E-state index contributed by atoms with van der Waals surface area (Å²) in [7, 11) is 2.21. The van der Waals surface area contributed by atoms with Crippen molar-refractivity contribution in [1.29, 1.82) is 0 Å². The van der Waals surface area contributed by atoms with Crippen molar-refractivity contribution < 1.29 is 0 Å². The molecular formula is C12H27N3. The van der Waals surface area contributed by atoms with Crippen molar-refractivity contribution in [1.82, 2.24) is 9.80 Å². The molecule has 1 rings (SSSR count). The molecule has 0 aromatic carbocycles. The van der Waals surface area contributed by atoms with E-state index in [0.29, 0.717) is 6.04 Å². The minimum Gasteiger partial charge on any atom is -0.329 e. The summed E-state index contributed by atoms with van der Waals surface area (Å²) >= 11 is 0. The second-order valence-electron chi connectivity index (χ2n) is 5.21. The fourth-order valence-electron chi connectivity index (χ4n) is 2.37. The molecule has 1 unspecified atom stereocenters. The standard InChI is InChI=1S/C12H27N3/c1-11(2)9-12(10-13)15-6-4-5-14(3)7-8-15/h11-12H,4-10,13H2,1-3H3. The molecule has 0 saturated carbocycles. The van der Waals surface area contributed by atoms with Crippen LogP contribution < -0.4 is 5.73 Å². The number of rotatable bonds is 4.